The zero-order chi connectivity index (χ0) is 40.2. The Morgan fingerprint density at radius 2 is 1.72 bits per heavy atom. The van der Waals surface area contributed by atoms with Crippen LogP contribution in [0.2, 0.25) is 0 Å². The third-order valence-electron chi connectivity index (χ3n) is 11.1. The zero-order valence-corrected chi connectivity index (χ0v) is 35.2. The van der Waals surface area contributed by atoms with Gasteiger partial charge in [-0.3, -0.25) is 19.3 Å². The average Bonchev–Trinajstić information content (AvgIpc) is 3.85. The topological polar surface area (TPSA) is 142 Å². The number of carbonyl (C=O) groups is 4. The molecule has 1 aromatic heterocycles. The normalized spacial score (nSPS) is 19.3. The Hall–Kier alpha value is -3.23. The van der Waals surface area contributed by atoms with Crippen molar-refractivity contribution in [3.63, 3.8) is 0 Å². The minimum atomic E-state index is -1.16. The third kappa shape index (κ3) is 11.4. The monoisotopic (exact) mass is 770 g/mol. The fourth-order valence-electron chi connectivity index (χ4n) is 8.06. The largest absolute Gasteiger partial charge is 0.379 e. The number of methoxy groups -OCH3 is 2. The highest BCUT2D eigenvalue weighted by Crippen LogP contribution is 2.30. The highest BCUT2D eigenvalue weighted by atomic mass is 32.1. The van der Waals surface area contributed by atoms with Crippen molar-refractivity contribution >= 4 is 35.3 Å². The summed E-state index contributed by atoms with van der Waals surface area (Å²) in [5, 5.41) is 12.1. The summed E-state index contributed by atoms with van der Waals surface area (Å²) >= 11 is 1.51. The summed E-state index contributed by atoms with van der Waals surface area (Å²) in [5.74, 6) is -1.12. The molecule has 8 atom stereocenters. The summed E-state index contributed by atoms with van der Waals surface area (Å²) in [6, 6.07) is 8.73. The molecule has 3 amide bonds. The number of aldehydes is 1. The smallest absolute Gasteiger partial charge is 0.238 e. The van der Waals surface area contributed by atoms with Gasteiger partial charge in [-0.2, -0.15) is 0 Å². The zero-order valence-electron chi connectivity index (χ0n) is 34.3. The number of ether oxygens (including phenoxy) is 2. The number of carbonyl (C=O) groups excluding carboxylic acids is 4. The number of thiazole rings is 1. The van der Waals surface area contributed by atoms with Crippen LogP contribution in [0.5, 0.6) is 0 Å². The Morgan fingerprint density at radius 1 is 1.04 bits per heavy atom. The van der Waals surface area contributed by atoms with E-state index in [1.54, 1.807) is 27.5 Å². The summed E-state index contributed by atoms with van der Waals surface area (Å²) in [5.41, 5.74) is -0.0631. The van der Waals surface area contributed by atoms with E-state index in [9.17, 15) is 19.2 Å². The fourth-order valence-corrected chi connectivity index (χ4v) is 8.75. The van der Waals surface area contributed by atoms with Gasteiger partial charge in [0.15, 0.2) is 0 Å². The Morgan fingerprint density at radius 3 is 2.24 bits per heavy atom. The summed E-state index contributed by atoms with van der Waals surface area (Å²) < 4.78 is 12.1. The second-order valence-electron chi connectivity index (χ2n) is 15.8. The first-order valence-electron chi connectivity index (χ1n) is 19.4. The Balaban J connectivity index is 1.77. The van der Waals surface area contributed by atoms with Gasteiger partial charge < -0.3 is 35.1 Å². The molecule has 12 nitrogen and oxygen atoms in total. The van der Waals surface area contributed by atoms with Crippen molar-refractivity contribution in [3.8, 4) is 0 Å². The first-order valence-corrected chi connectivity index (χ1v) is 20.3. The molecule has 1 saturated heterocycles. The lowest BCUT2D eigenvalue weighted by molar-refractivity contribution is -0.143. The standard InChI is InChI=1S/C41H66N6O6S/c1-26(2)35(42-8)39(51)45-41(25-48,28(5)6)24-46(9)36(27(3)4)33(52-10)23-34(49)47-20-15-18-32(47)37(53-11)29(7)38(50)44-31(40-43-19-21-54-40)22-30-16-13-12-14-17-30/h12-14,16-17,19,21,25-29,31-33,35-37,42H,15,18,20,22-24H2,1-11H3,(H,44,50)(H,45,51)/t29-,31+,32+,33-,35+,36+,37-,41-/m1/s1. The van der Waals surface area contributed by atoms with Gasteiger partial charge in [-0.15, -0.1) is 11.3 Å². The van der Waals surface area contributed by atoms with Crippen molar-refractivity contribution in [2.75, 3.05) is 41.4 Å². The van der Waals surface area contributed by atoms with Crippen molar-refractivity contribution in [2.45, 2.75) is 116 Å². The van der Waals surface area contributed by atoms with Crippen LogP contribution in [0.25, 0.3) is 0 Å². The number of hydrogen-bond donors (Lipinski definition) is 3. The van der Waals surface area contributed by atoms with Crippen molar-refractivity contribution in [3.05, 3.63) is 52.5 Å². The first-order chi connectivity index (χ1) is 25.6. The molecule has 0 bridgehead atoms. The number of amides is 3. The molecular weight excluding hydrogens is 705 g/mol. The summed E-state index contributed by atoms with van der Waals surface area (Å²) in [7, 11) is 6.87. The maximum absolute atomic E-state index is 14.2. The van der Waals surface area contributed by atoms with E-state index in [4.69, 9.17) is 9.47 Å². The lowest BCUT2D eigenvalue weighted by atomic mass is 9.84. The molecule has 0 unspecified atom stereocenters. The predicted octanol–water partition coefficient (Wildman–Crippen LogP) is 4.50. The lowest BCUT2D eigenvalue weighted by Crippen LogP contribution is -2.65. The molecule has 1 aliphatic rings. The van der Waals surface area contributed by atoms with Crippen molar-refractivity contribution < 1.29 is 28.7 Å². The fraction of sp³-hybridized carbons (Fsp3) is 0.683. The van der Waals surface area contributed by atoms with Crippen LogP contribution < -0.4 is 16.0 Å². The van der Waals surface area contributed by atoms with E-state index in [0.29, 0.717) is 19.4 Å². The van der Waals surface area contributed by atoms with Gasteiger partial charge in [-0.05, 0) is 56.7 Å². The van der Waals surface area contributed by atoms with Crippen molar-refractivity contribution in [1.29, 1.82) is 0 Å². The molecule has 0 spiro atoms. The SMILES string of the molecule is CN[C@H](C(=O)N[C@@](C=O)(CN(C)[C@@H](C(C)C)[C@@H](CC(=O)N1CCC[C@H]1[C@H](OC)[C@@H](C)C(=O)N[C@@H](Cc1ccccc1)c1nccs1)OC)C(C)C)C(C)C. The van der Waals surface area contributed by atoms with Gasteiger partial charge in [0.1, 0.15) is 16.8 Å². The molecule has 1 aromatic carbocycles. The number of nitrogens with zero attached hydrogens (tertiary/aromatic N) is 3. The quantitative estimate of drug-likeness (QED) is 0.148. The molecule has 302 valence electrons. The number of aromatic nitrogens is 1. The number of benzene rings is 1. The van der Waals surface area contributed by atoms with Gasteiger partial charge in [0.05, 0.1) is 42.7 Å². The number of hydrogen-bond acceptors (Lipinski definition) is 10. The second-order valence-corrected chi connectivity index (χ2v) is 16.8. The highest BCUT2D eigenvalue weighted by Gasteiger charge is 2.44. The van der Waals surface area contributed by atoms with Crippen LogP contribution in [-0.4, -0.2) is 116 Å². The summed E-state index contributed by atoms with van der Waals surface area (Å²) in [4.78, 5) is 62.7. The molecule has 3 N–H and O–H groups in total. The lowest BCUT2D eigenvalue weighted by Gasteiger charge is -2.43. The van der Waals surface area contributed by atoms with E-state index < -0.39 is 29.7 Å². The summed E-state index contributed by atoms with van der Waals surface area (Å²) in [6.07, 6.45) is 3.79. The molecule has 3 rings (SSSR count). The number of nitrogens with one attached hydrogen (secondary N) is 3. The van der Waals surface area contributed by atoms with Crippen LogP contribution in [0.1, 0.15) is 84.3 Å². The Kier molecular flexibility index (Phi) is 17.7. The number of likely N-dealkylation sites (N-methyl/N-ethyl adjacent to an activating group) is 2. The molecule has 1 aliphatic heterocycles. The third-order valence-corrected chi connectivity index (χ3v) is 12.0. The Labute approximate surface area is 327 Å². The van der Waals surface area contributed by atoms with Gasteiger partial charge in [0.25, 0.3) is 0 Å². The predicted molar refractivity (Wildman–Crippen MR) is 214 cm³/mol. The van der Waals surface area contributed by atoms with Gasteiger partial charge in [0.2, 0.25) is 17.7 Å². The minimum absolute atomic E-state index is 0.0288. The molecule has 2 heterocycles. The highest BCUT2D eigenvalue weighted by molar-refractivity contribution is 7.09. The average molecular weight is 771 g/mol. The van der Waals surface area contributed by atoms with E-state index in [-0.39, 0.29) is 66.6 Å². The molecule has 54 heavy (non-hydrogen) atoms. The van der Waals surface area contributed by atoms with Crippen LogP contribution in [0, 0.1) is 23.7 Å². The summed E-state index contributed by atoms with van der Waals surface area (Å²) in [6.45, 7) is 14.6. The van der Waals surface area contributed by atoms with Crippen LogP contribution in [0.15, 0.2) is 41.9 Å². The molecule has 0 saturated carbocycles. The number of rotatable bonds is 22. The maximum atomic E-state index is 14.2. The van der Waals surface area contributed by atoms with E-state index in [1.165, 1.54) is 11.3 Å². The van der Waals surface area contributed by atoms with Crippen molar-refractivity contribution in [2.24, 2.45) is 23.7 Å². The molecule has 2 aromatic rings. The van der Waals surface area contributed by atoms with E-state index in [1.807, 2.05) is 87.2 Å². The minimum Gasteiger partial charge on any atom is -0.379 e. The van der Waals surface area contributed by atoms with Gasteiger partial charge in [0, 0.05) is 44.9 Å². The van der Waals surface area contributed by atoms with Gasteiger partial charge >= 0.3 is 0 Å². The van der Waals surface area contributed by atoms with E-state index in [0.717, 1.165) is 23.3 Å². The number of likely N-dealkylation sites (tertiary alicyclic amines) is 1. The Bertz CT molecular complexity index is 1460. The van der Waals surface area contributed by atoms with Crippen LogP contribution >= 0.6 is 11.3 Å². The molecule has 0 aliphatic carbocycles. The van der Waals surface area contributed by atoms with Crippen LogP contribution in [0.4, 0.5) is 0 Å². The van der Waals surface area contributed by atoms with Gasteiger partial charge in [-0.25, -0.2) is 4.98 Å². The second kappa shape index (κ2) is 21.2. The van der Waals surface area contributed by atoms with E-state index in [2.05, 4.69) is 34.8 Å². The maximum Gasteiger partial charge on any atom is 0.238 e. The van der Waals surface area contributed by atoms with Crippen LogP contribution in [0.3, 0.4) is 0 Å². The van der Waals surface area contributed by atoms with Crippen LogP contribution in [-0.2, 0) is 35.1 Å². The molecular formula is C41H66N6O6S. The molecule has 13 heteroatoms. The molecule has 0 radical (unpaired) electrons. The van der Waals surface area contributed by atoms with Gasteiger partial charge in [-0.1, -0.05) is 78.8 Å². The van der Waals surface area contributed by atoms with E-state index >= 15 is 0 Å². The van der Waals surface area contributed by atoms with Crippen molar-refractivity contribution in [1.82, 2.24) is 30.7 Å². The first kappa shape index (κ1) is 45.2. The molecule has 1 fully saturated rings.